The molecule has 0 heterocycles. The Morgan fingerprint density at radius 3 is 2.58 bits per heavy atom. The first kappa shape index (κ1) is 19.6. The number of methoxy groups -OCH3 is 1. The number of ether oxygens (including phenoxy) is 2. The van der Waals surface area contributed by atoms with E-state index in [1.54, 1.807) is 19.1 Å². The standard InChI is InChI=1S/C21H28N2O3/c1-16-8-10-19(11-9-16)26-13-12-23(3)21(24)22-17(2)14-18-6-5-7-20(15-18)25-4/h5-11,15,17H,12-14H2,1-4H3,(H,22,24). The van der Waals surface area contributed by atoms with Crippen LogP contribution < -0.4 is 14.8 Å². The lowest BCUT2D eigenvalue weighted by Crippen LogP contribution is -2.44. The number of carbonyl (C=O) groups is 1. The molecular weight excluding hydrogens is 328 g/mol. The molecule has 26 heavy (non-hydrogen) atoms. The number of benzene rings is 2. The molecule has 0 saturated carbocycles. The van der Waals surface area contributed by atoms with Crippen LogP contribution in [0.1, 0.15) is 18.1 Å². The first-order chi connectivity index (χ1) is 12.5. The Kier molecular flexibility index (Phi) is 7.33. The van der Waals surface area contributed by atoms with Crippen LogP contribution in [0.3, 0.4) is 0 Å². The van der Waals surface area contributed by atoms with E-state index in [0.717, 1.165) is 23.5 Å². The molecule has 0 spiro atoms. The minimum atomic E-state index is -0.104. The molecule has 0 aliphatic rings. The van der Waals surface area contributed by atoms with Crippen LogP contribution in [0.5, 0.6) is 11.5 Å². The highest BCUT2D eigenvalue weighted by Crippen LogP contribution is 2.14. The van der Waals surface area contributed by atoms with E-state index in [1.165, 1.54) is 5.56 Å². The van der Waals surface area contributed by atoms with Gasteiger partial charge < -0.3 is 19.7 Å². The number of hydrogen-bond donors (Lipinski definition) is 1. The second kappa shape index (κ2) is 9.70. The predicted molar refractivity (Wildman–Crippen MR) is 104 cm³/mol. The molecule has 1 N–H and O–H groups in total. The molecule has 2 amide bonds. The second-order valence-corrected chi connectivity index (χ2v) is 6.49. The highest BCUT2D eigenvalue weighted by atomic mass is 16.5. The van der Waals surface area contributed by atoms with Crippen LogP contribution in [-0.4, -0.2) is 44.3 Å². The minimum absolute atomic E-state index is 0.0232. The van der Waals surface area contributed by atoms with Crippen molar-refractivity contribution in [2.75, 3.05) is 27.3 Å². The van der Waals surface area contributed by atoms with Gasteiger partial charge in [0.2, 0.25) is 0 Å². The SMILES string of the molecule is COc1cccc(CC(C)NC(=O)N(C)CCOc2ccc(C)cc2)c1. The zero-order chi connectivity index (χ0) is 18.9. The quantitative estimate of drug-likeness (QED) is 0.785. The molecule has 0 bridgehead atoms. The third-order valence-corrected chi connectivity index (χ3v) is 4.11. The lowest BCUT2D eigenvalue weighted by molar-refractivity contribution is 0.192. The van der Waals surface area contributed by atoms with Gasteiger partial charge in [0, 0.05) is 13.1 Å². The number of urea groups is 1. The summed E-state index contributed by atoms with van der Waals surface area (Å²) in [5.74, 6) is 1.64. The van der Waals surface area contributed by atoms with Crippen LogP contribution in [0.25, 0.3) is 0 Å². The van der Waals surface area contributed by atoms with Gasteiger partial charge in [-0.05, 0) is 50.1 Å². The summed E-state index contributed by atoms with van der Waals surface area (Å²) in [6.07, 6.45) is 0.747. The summed E-state index contributed by atoms with van der Waals surface area (Å²) in [5.41, 5.74) is 2.32. The van der Waals surface area contributed by atoms with Crippen molar-refractivity contribution in [1.29, 1.82) is 0 Å². The van der Waals surface area contributed by atoms with E-state index in [1.807, 2.05) is 62.4 Å². The van der Waals surface area contributed by atoms with Gasteiger partial charge in [-0.15, -0.1) is 0 Å². The van der Waals surface area contributed by atoms with Gasteiger partial charge in [0.1, 0.15) is 18.1 Å². The summed E-state index contributed by atoms with van der Waals surface area (Å²) in [6.45, 7) is 5.01. The highest BCUT2D eigenvalue weighted by Gasteiger charge is 2.12. The third-order valence-electron chi connectivity index (χ3n) is 4.11. The van der Waals surface area contributed by atoms with Crippen LogP contribution in [0.15, 0.2) is 48.5 Å². The Morgan fingerprint density at radius 1 is 1.15 bits per heavy atom. The zero-order valence-electron chi connectivity index (χ0n) is 16.0. The van der Waals surface area contributed by atoms with Crippen LogP contribution in [0.4, 0.5) is 4.79 Å². The van der Waals surface area contributed by atoms with E-state index < -0.39 is 0 Å². The molecular formula is C21H28N2O3. The summed E-state index contributed by atoms with van der Waals surface area (Å²) in [4.78, 5) is 13.9. The van der Waals surface area contributed by atoms with Crippen LogP contribution >= 0.6 is 0 Å². The number of nitrogens with one attached hydrogen (secondary N) is 1. The Bertz CT molecular complexity index is 701. The smallest absolute Gasteiger partial charge is 0.317 e. The second-order valence-electron chi connectivity index (χ2n) is 6.49. The van der Waals surface area contributed by atoms with Crippen molar-refractivity contribution < 1.29 is 14.3 Å². The molecule has 0 saturated heterocycles. The molecule has 5 heteroatoms. The summed E-state index contributed by atoms with van der Waals surface area (Å²) >= 11 is 0. The minimum Gasteiger partial charge on any atom is -0.497 e. The molecule has 5 nitrogen and oxygen atoms in total. The molecule has 1 atom stereocenters. The largest absolute Gasteiger partial charge is 0.497 e. The first-order valence-electron chi connectivity index (χ1n) is 8.82. The summed E-state index contributed by atoms with van der Waals surface area (Å²) < 4.78 is 10.9. The summed E-state index contributed by atoms with van der Waals surface area (Å²) in [7, 11) is 3.42. The van der Waals surface area contributed by atoms with E-state index in [9.17, 15) is 4.79 Å². The van der Waals surface area contributed by atoms with Crippen molar-refractivity contribution >= 4 is 6.03 Å². The summed E-state index contributed by atoms with van der Waals surface area (Å²) in [6, 6.07) is 15.7. The van der Waals surface area contributed by atoms with Gasteiger partial charge in [0.15, 0.2) is 0 Å². The zero-order valence-corrected chi connectivity index (χ0v) is 16.0. The van der Waals surface area contributed by atoms with Crippen molar-refractivity contribution in [3.8, 4) is 11.5 Å². The van der Waals surface area contributed by atoms with Gasteiger partial charge >= 0.3 is 6.03 Å². The number of likely N-dealkylation sites (N-methyl/N-ethyl adjacent to an activating group) is 1. The average molecular weight is 356 g/mol. The van der Waals surface area contributed by atoms with E-state index in [-0.39, 0.29) is 12.1 Å². The fourth-order valence-corrected chi connectivity index (χ4v) is 2.56. The number of rotatable bonds is 8. The molecule has 0 aliphatic heterocycles. The van der Waals surface area contributed by atoms with Gasteiger partial charge in [-0.1, -0.05) is 29.8 Å². The Balaban J connectivity index is 1.74. The lowest BCUT2D eigenvalue weighted by Gasteiger charge is -2.21. The Hall–Kier alpha value is -2.69. The van der Waals surface area contributed by atoms with Gasteiger partial charge in [0.25, 0.3) is 0 Å². The average Bonchev–Trinajstić information content (AvgIpc) is 2.63. The number of aryl methyl sites for hydroxylation is 1. The van der Waals surface area contributed by atoms with Crippen LogP contribution in [0.2, 0.25) is 0 Å². The van der Waals surface area contributed by atoms with Crippen molar-refractivity contribution in [2.45, 2.75) is 26.3 Å². The van der Waals surface area contributed by atoms with Crippen molar-refractivity contribution in [3.05, 3.63) is 59.7 Å². The normalized spacial score (nSPS) is 11.5. The maximum Gasteiger partial charge on any atom is 0.317 e. The fourth-order valence-electron chi connectivity index (χ4n) is 2.56. The maximum atomic E-state index is 12.3. The van der Waals surface area contributed by atoms with Crippen LogP contribution in [0, 0.1) is 6.92 Å². The highest BCUT2D eigenvalue weighted by molar-refractivity contribution is 5.74. The molecule has 2 aromatic carbocycles. The Labute approximate surface area is 155 Å². The fraction of sp³-hybridized carbons (Fsp3) is 0.381. The van der Waals surface area contributed by atoms with E-state index >= 15 is 0 Å². The molecule has 0 fully saturated rings. The maximum absolute atomic E-state index is 12.3. The molecule has 1 unspecified atom stereocenters. The van der Waals surface area contributed by atoms with Gasteiger partial charge in [0.05, 0.1) is 13.7 Å². The van der Waals surface area contributed by atoms with Gasteiger partial charge in [-0.2, -0.15) is 0 Å². The molecule has 0 aromatic heterocycles. The lowest BCUT2D eigenvalue weighted by atomic mass is 10.1. The topological polar surface area (TPSA) is 50.8 Å². The third kappa shape index (κ3) is 6.31. The van der Waals surface area contributed by atoms with E-state index in [0.29, 0.717) is 13.2 Å². The van der Waals surface area contributed by atoms with Crippen LogP contribution in [-0.2, 0) is 6.42 Å². The van der Waals surface area contributed by atoms with Gasteiger partial charge in [-0.3, -0.25) is 0 Å². The monoisotopic (exact) mass is 356 g/mol. The molecule has 0 radical (unpaired) electrons. The first-order valence-corrected chi connectivity index (χ1v) is 8.82. The molecule has 0 aliphatic carbocycles. The number of hydrogen-bond acceptors (Lipinski definition) is 3. The predicted octanol–water partition coefficient (Wildman–Crippen LogP) is 3.66. The molecule has 2 rings (SSSR count). The number of carbonyl (C=O) groups excluding carboxylic acids is 1. The van der Waals surface area contributed by atoms with Crippen molar-refractivity contribution in [2.24, 2.45) is 0 Å². The molecule has 2 aromatic rings. The van der Waals surface area contributed by atoms with E-state index in [4.69, 9.17) is 9.47 Å². The molecule has 140 valence electrons. The summed E-state index contributed by atoms with van der Waals surface area (Å²) in [5, 5.41) is 3.01. The van der Waals surface area contributed by atoms with Crippen molar-refractivity contribution in [3.63, 3.8) is 0 Å². The number of amides is 2. The van der Waals surface area contributed by atoms with E-state index in [2.05, 4.69) is 5.32 Å². The van der Waals surface area contributed by atoms with Crippen molar-refractivity contribution in [1.82, 2.24) is 10.2 Å². The number of nitrogens with zero attached hydrogens (tertiary/aromatic N) is 1. The van der Waals surface area contributed by atoms with Gasteiger partial charge in [-0.25, -0.2) is 4.79 Å². The Morgan fingerprint density at radius 2 is 1.88 bits per heavy atom.